The molecule has 0 amide bonds. The van der Waals surface area contributed by atoms with Crippen molar-refractivity contribution >= 4 is 38.4 Å². The zero-order valence-electron chi connectivity index (χ0n) is 7.89. The van der Waals surface area contributed by atoms with Crippen LogP contribution in [-0.4, -0.2) is 34.4 Å². The van der Waals surface area contributed by atoms with Gasteiger partial charge in [-0.2, -0.15) is 0 Å². The van der Waals surface area contributed by atoms with Crippen molar-refractivity contribution in [3.63, 3.8) is 0 Å². The summed E-state index contributed by atoms with van der Waals surface area (Å²) in [5, 5.41) is 17.6. The van der Waals surface area contributed by atoms with Crippen molar-refractivity contribution in [2.24, 2.45) is 5.92 Å². The number of anilines is 1. The molecule has 0 saturated carbocycles. The molecular formula is C8H10BrN3O2S. The second-order valence-corrected chi connectivity index (χ2v) is 5.67. The van der Waals surface area contributed by atoms with Crippen molar-refractivity contribution in [2.45, 2.75) is 12.8 Å². The van der Waals surface area contributed by atoms with Crippen molar-refractivity contribution in [1.29, 1.82) is 0 Å². The van der Waals surface area contributed by atoms with Gasteiger partial charge in [0.15, 0.2) is 3.92 Å². The topological polar surface area (TPSA) is 66.3 Å². The van der Waals surface area contributed by atoms with Crippen LogP contribution in [0.25, 0.3) is 0 Å². The van der Waals surface area contributed by atoms with Crippen LogP contribution in [0.3, 0.4) is 0 Å². The lowest BCUT2D eigenvalue weighted by Crippen LogP contribution is -2.36. The van der Waals surface area contributed by atoms with Crippen molar-refractivity contribution in [2.75, 3.05) is 18.0 Å². The number of rotatable bonds is 2. The number of carbonyl (C=O) groups is 1. The van der Waals surface area contributed by atoms with Gasteiger partial charge in [0.1, 0.15) is 0 Å². The van der Waals surface area contributed by atoms with Crippen molar-refractivity contribution in [1.82, 2.24) is 10.2 Å². The standard InChI is InChI=1S/C8H10BrN3O2S/c9-7-10-11-8(15-7)12-3-1-5(2-4-12)6(13)14/h5H,1-4H2,(H,13,14). The highest BCUT2D eigenvalue weighted by Gasteiger charge is 2.25. The first-order valence-electron chi connectivity index (χ1n) is 4.63. The number of hydrogen-bond donors (Lipinski definition) is 1. The third-order valence-electron chi connectivity index (χ3n) is 2.50. The minimum absolute atomic E-state index is 0.197. The van der Waals surface area contributed by atoms with Crippen LogP contribution in [0.2, 0.25) is 0 Å². The molecule has 1 aliphatic rings. The van der Waals surface area contributed by atoms with Crippen molar-refractivity contribution < 1.29 is 9.90 Å². The number of nitrogens with zero attached hydrogens (tertiary/aromatic N) is 3. The molecule has 15 heavy (non-hydrogen) atoms. The molecule has 1 aliphatic heterocycles. The molecule has 0 aromatic carbocycles. The van der Waals surface area contributed by atoms with Gasteiger partial charge in [-0.1, -0.05) is 11.3 Å². The Morgan fingerprint density at radius 3 is 2.60 bits per heavy atom. The van der Waals surface area contributed by atoms with E-state index in [4.69, 9.17) is 5.11 Å². The molecule has 82 valence electrons. The maximum atomic E-state index is 10.8. The molecule has 1 saturated heterocycles. The van der Waals surface area contributed by atoms with E-state index in [2.05, 4.69) is 31.0 Å². The third-order valence-corrected chi connectivity index (χ3v) is 3.92. The summed E-state index contributed by atoms with van der Waals surface area (Å²) in [7, 11) is 0. The first kappa shape index (κ1) is 10.8. The second-order valence-electron chi connectivity index (χ2n) is 3.44. The van der Waals surface area contributed by atoms with Crippen LogP contribution in [-0.2, 0) is 4.79 Å². The van der Waals surface area contributed by atoms with E-state index in [1.54, 1.807) is 0 Å². The number of piperidine rings is 1. The molecule has 1 fully saturated rings. The molecule has 2 rings (SSSR count). The fourth-order valence-electron chi connectivity index (χ4n) is 1.64. The summed E-state index contributed by atoms with van der Waals surface area (Å²) in [4.78, 5) is 12.8. The van der Waals surface area contributed by atoms with Gasteiger partial charge in [-0.05, 0) is 28.8 Å². The summed E-state index contributed by atoms with van der Waals surface area (Å²) in [5.41, 5.74) is 0. The zero-order chi connectivity index (χ0) is 10.8. The van der Waals surface area contributed by atoms with E-state index in [9.17, 15) is 4.79 Å². The number of hydrogen-bond acceptors (Lipinski definition) is 5. The molecule has 0 spiro atoms. The summed E-state index contributed by atoms with van der Waals surface area (Å²) in [6.07, 6.45) is 1.37. The van der Waals surface area contributed by atoms with E-state index in [1.165, 1.54) is 11.3 Å². The highest BCUT2D eigenvalue weighted by Crippen LogP contribution is 2.28. The number of carboxylic acid groups (broad SMARTS) is 1. The highest BCUT2D eigenvalue weighted by atomic mass is 79.9. The Balaban J connectivity index is 1.96. The van der Waals surface area contributed by atoms with Gasteiger partial charge in [-0.3, -0.25) is 4.79 Å². The van der Waals surface area contributed by atoms with Gasteiger partial charge in [-0.15, -0.1) is 10.2 Å². The lowest BCUT2D eigenvalue weighted by atomic mass is 9.98. The molecule has 0 bridgehead atoms. The number of carboxylic acids is 1. The average molecular weight is 292 g/mol. The molecule has 0 atom stereocenters. The fourth-order valence-corrected chi connectivity index (χ4v) is 2.78. The quantitative estimate of drug-likeness (QED) is 0.897. The monoisotopic (exact) mass is 291 g/mol. The lowest BCUT2D eigenvalue weighted by molar-refractivity contribution is -0.142. The SMILES string of the molecule is O=C(O)C1CCN(c2nnc(Br)s2)CC1. The Kier molecular flexibility index (Phi) is 3.20. The van der Waals surface area contributed by atoms with Gasteiger partial charge in [0.05, 0.1) is 5.92 Å². The van der Waals surface area contributed by atoms with E-state index >= 15 is 0 Å². The van der Waals surface area contributed by atoms with E-state index in [0.717, 1.165) is 22.1 Å². The molecule has 2 heterocycles. The number of halogens is 1. The summed E-state index contributed by atoms with van der Waals surface area (Å²) < 4.78 is 0.762. The van der Waals surface area contributed by atoms with Crippen LogP contribution in [0.1, 0.15) is 12.8 Å². The maximum Gasteiger partial charge on any atom is 0.306 e. The Bertz CT molecular complexity index is 363. The van der Waals surface area contributed by atoms with E-state index < -0.39 is 5.97 Å². The maximum absolute atomic E-state index is 10.8. The van der Waals surface area contributed by atoms with Crippen LogP contribution in [0, 0.1) is 5.92 Å². The van der Waals surface area contributed by atoms with E-state index in [1.807, 2.05) is 0 Å². The van der Waals surface area contributed by atoms with Crippen LogP contribution in [0.5, 0.6) is 0 Å². The minimum atomic E-state index is -0.687. The first-order chi connectivity index (χ1) is 7.16. The van der Waals surface area contributed by atoms with Crippen LogP contribution in [0.4, 0.5) is 5.13 Å². The lowest BCUT2D eigenvalue weighted by Gasteiger charge is -2.29. The molecule has 0 aliphatic carbocycles. The van der Waals surface area contributed by atoms with Gasteiger partial charge in [-0.25, -0.2) is 0 Å². The van der Waals surface area contributed by atoms with Gasteiger partial charge < -0.3 is 10.0 Å². The molecule has 1 N–H and O–H groups in total. The predicted molar refractivity (Wildman–Crippen MR) is 60.2 cm³/mol. The summed E-state index contributed by atoms with van der Waals surface area (Å²) in [6, 6.07) is 0. The smallest absolute Gasteiger partial charge is 0.306 e. The summed E-state index contributed by atoms with van der Waals surface area (Å²) in [5.74, 6) is -0.884. The molecule has 1 aromatic heterocycles. The molecule has 0 unspecified atom stereocenters. The van der Waals surface area contributed by atoms with Gasteiger partial charge in [0.2, 0.25) is 5.13 Å². The van der Waals surface area contributed by atoms with Gasteiger partial charge >= 0.3 is 5.97 Å². The third kappa shape index (κ3) is 2.46. The molecule has 5 nitrogen and oxygen atoms in total. The Hall–Kier alpha value is -0.690. The molecule has 1 aromatic rings. The van der Waals surface area contributed by atoms with E-state index in [-0.39, 0.29) is 5.92 Å². The first-order valence-corrected chi connectivity index (χ1v) is 6.24. The normalized spacial score (nSPS) is 18.1. The fraction of sp³-hybridized carbons (Fsp3) is 0.625. The van der Waals surface area contributed by atoms with Gasteiger partial charge in [0.25, 0.3) is 0 Å². The van der Waals surface area contributed by atoms with Crippen LogP contribution in [0.15, 0.2) is 3.92 Å². The minimum Gasteiger partial charge on any atom is -0.481 e. The molecule has 7 heteroatoms. The molecule has 0 radical (unpaired) electrons. The average Bonchev–Trinajstić information content (AvgIpc) is 2.65. The molecular weight excluding hydrogens is 282 g/mol. The largest absolute Gasteiger partial charge is 0.481 e. The summed E-state index contributed by atoms with van der Waals surface area (Å²) >= 11 is 4.73. The zero-order valence-corrected chi connectivity index (χ0v) is 10.3. The number of aliphatic carboxylic acids is 1. The Labute approximate surface area is 99.2 Å². The summed E-state index contributed by atoms with van der Waals surface area (Å²) in [6.45, 7) is 1.50. The van der Waals surface area contributed by atoms with Crippen molar-refractivity contribution in [3.05, 3.63) is 3.92 Å². The van der Waals surface area contributed by atoms with Crippen molar-refractivity contribution in [3.8, 4) is 0 Å². The highest BCUT2D eigenvalue weighted by molar-refractivity contribution is 9.11. The van der Waals surface area contributed by atoms with Crippen LogP contribution >= 0.6 is 27.3 Å². The van der Waals surface area contributed by atoms with E-state index in [0.29, 0.717) is 12.8 Å². The number of aromatic nitrogens is 2. The predicted octanol–water partition coefficient (Wildman–Crippen LogP) is 1.60. The Morgan fingerprint density at radius 2 is 2.13 bits per heavy atom. The second kappa shape index (κ2) is 4.44. The Morgan fingerprint density at radius 1 is 1.47 bits per heavy atom. The van der Waals surface area contributed by atoms with Gasteiger partial charge in [0, 0.05) is 13.1 Å². The van der Waals surface area contributed by atoms with Crippen LogP contribution < -0.4 is 4.90 Å².